The van der Waals surface area contributed by atoms with Gasteiger partial charge >= 0.3 is 5.97 Å². The molecule has 1 N–H and O–H groups in total. The Hall–Kier alpha value is -2.21. The smallest absolute Gasteiger partial charge is 0.335 e. The molecule has 100 valence electrons. The van der Waals surface area contributed by atoms with E-state index < -0.39 is 5.97 Å². The number of rotatable bonds is 5. The summed E-state index contributed by atoms with van der Waals surface area (Å²) in [6.07, 6.45) is 0. The summed E-state index contributed by atoms with van der Waals surface area (Å²) < 4.78 is 4.65. The topological polar surface area (TPSA) is 79.5 Å². The fourth-order valence-electron chi connectivity index (χ4n) is 1.77. The van der Waals surface area contributed by atoms with Gasteiger partial charge in [-0.3, -0.25) is 4.90 Å². The van der Waals surface area contributed by atoms with E-state index in [1.165, 1.54) is 0 Å². The van der Waals surface area contributed by atoms with Gasteiger partial charge in [-0.1, -0.05) is 22.4 Å². The predicted molar refractivity (Wildman–Crippen MR) is 67.6 cm³/mol. The highest BCUT2D eigenvalue weighted by atomic mass is 16.6. The molecule has 1 heterocycles. The molecule has 1 aromatic heterocycles. The number of nitrogens with zero attached hydrogens (tertiary/aromatic N) is 3. The molecule has 0 radical (unpaired) electrons. The van der Waals surface area contributed by atoms with Crippen LogP contribution in [0, 0.1) is 6.92 Å². The Kier molecular flexibility index (Phi) is 3.91. The van der Waals surface area contributed by atoms with Crippen LogP contribution in [0.1, 0.15) is 27.3 Å². The zero-order chi connectivity index (χ0) is 13.8. The third-order valence-electron chi connectivity index (χ3n) is 2.82. The number of carboxylic acid groups (broad SMARTS) is 1. The second kappa shape index (κ2) is 5.62. The Balaban J connectivity index is 1.97. The molecule has 19 heavy (non-hydrogen) atoms. The maximum Gasteiger partial charge on any atom is 0.335 e. The minimum Gasteiger partial charge on any atom is -0.478 e. The van der Waals surface area contributed by atoms with Gasteiger partial charge in [0.1, 0.15) is 11.4 Å². The zero-order valence-corrected chi connectivity index (χ0v) is 10.8. The van der Waals surface area contributed by atoms with Gasteiger partial charge in [-0.25, -0.2) is 9.42 Å². The quantitative estimate of drug-likeness (QED) is 0.882. The third kappa shape index (κ3) is 3.38. The van der Waals surface area contributed by atoms with Crippen LogP contribution in [0.3, 0.4) is 0 Å². The van der Waals surface area contributed by atoms with Crippen molar-refractivity contribution in [2.45, 2.75) is 20.0 Å². The van der Waals surface area contributed by atoms with Crippen LogP contribution in [-0.2, 0) is 13.1 Å². The number of aryl methyl sites for hydroxylation is 1. The van der Waals surface area contributed by atoms with Gasteiger partial charge in [-0.2, -0.15) is 0 Å². The van der Waals surface area contributed by atoms with E-state index in [0.29, 0.717) is 18.7 Å². The summed E-state index contributed by atoms with van der Waals surface area (Å²) in [5.74, 6) is -0.913. The van der Waals surface area contributed by atoms with E-state index in [-0.39, 0.29) is 0 Å². The molecule has 0 aliphatic heterocycles. The van der Waals surface area contributed by atoms with Crippen molar-refractivity contribution in [3.63, 3.8) is 0 Å². The number of carboxylic acids is 1. The summed E-state index contributed by atoms with van der Waals surface area (Å²) >= 11 is 0. The number of aromatic nitrogens is 2. The normalized spacial score (nSPS) is 10.9. The van der Waals surface area contributed by atoms with Crippen molar-refractivity contribution in [3.8, 4) is 0 Å². The molecule has 2 aromatic rings. The van der Waals surface area contributed by atoms with Gasteiger partial charge in [0.2, 0.25) is 0 Å². The minimum absolute atomic E-state index is 0.294. The maximum absolute atomic E-state index is 10.7. The van der Waals surface area contributed by atoms with Crippen molar-refractivity contribution in [2.24, 2.45) is 0 Å². The van der Waals surface area contributed by atoms with Crippen molar-refractivity contribution in [2.75, 3.05) is 7.05 Å². The van der Waals surface area contributed by atoms with Crippen molar-refractivity contribution < 1.29 is 14.5 Å². The Labute approximate surface area is 110 Å². The van der Waals surface area contributed by atoms with Crippen molar-refractivity contribution in [1.29, 1.82) is 0 Å². The highest BCUT2D eigenvalue weighted by molar-refractivity contribution is 5.87. The van der Waals surface area contributed by atoms with Crippen LogP contribution in [0.2, 0.25) is 0 Å². The minimum atomic E-state index is -0.913. The summed E-state index contributed by atoms with van der Waals surface area (Å²) in [6, 6.07) is 6.84. The van der Waals surface area contributed by atoms with Crippen LogP contribution in [0.25, 0.3) is 0 Å². The summed E-state index contributed by atoms with van der Waals surface area (Å²) in [5, 5.41) is 16.4. The first-order valence-corrected chi connectivity index (χ1v) is 5.85. The molecule has 0 unspecified atom stereocenters. The fraction of sp³-hybridized carbons (Fsp3) is 0.308. The standard InChI is InChI=1S/C13H15N3O3/c1-9-12(15-19-14-9)8-16(2)7-10-3-5-11(6-4-10)13(17)18/h3-6H,7-8H2,1-2H3,(H,17,18). The zero-order valence-electron chi connectivity index (χ0n) is 10.8. The molecule has 0 fully saturated rings. The average Bonchev–Trinajstić information content (AvgIpc) is 2.75. The van der Waals surface area contributed by atoms with Gasteiger partial charge in [0, 0.05) is 13.1 Å². The Morgan fingerprint density at radius 2 is 1.95 bits per heavy atom. The Morgan fingerprint density at radius 3 is 2.47 bits per heavy atom. The fourth-order valence-corrected chi connectivity index (χ4v) is 1.77. The highest BCUT2D eigenvalue weighted by Crippen LogP contribution is 2.10. The molecule has 0 saturated carbocycles. The van der Waals surface area contributed by atoms with Gasteiger partial charge in [-0.15, -0.1) is 0 Å². The van der Waals surface area contributed by atoms with E-state index in [4.69, 9.17) is 5.11 Å². The summed E-state index contributed by atoms with van der Waals surface area (Å²) in [5.41, 5.74) is 2.93. The number of carbonyl (C=O) groups is 1. The number of aromatic carboxylic acids is 1. The molecule has 0 bridgehead atoms. The molecular weight excluding hydrogens is 246 g/mol. The van der Waals surface area contributed by atoms with Crippen molar-refractivity contribution in [3.05, 3.63) is 46.8 Å². The van der Waals surface area contributed by atoms with Gasteiger partial charge in [-0.05, 0) is 31.7 Å². The summed E-state index contributed by atoms with van der Waals surface area (Å²) in [7, 11) is 1.96. The maximum atomic E-state index is 10.7. The summed E-state index contributed by atoms with van der Waals surface area (Å²) in [4.78, 5) is 12.8. The lowest BCUT2D eigenvalue weighted by atomic mass is 10.1. The molecule has 6 nitrogen and oxygen atoms in total. The number of benzene rings is 1. The second-order valence-corrected chi connectivity index (χ2v) is 4.47. The van der Waals surface area contributed by atoms with Gasteiger partial charge in [0.15, 0.2) is 0 Å². The van der Waals surface area contributed by atoms with Crippen molar-refractivity contribution >= 4 is 5.97 Å². The molecule has 6 heteroatoms. The van der Waals surface area contributed by atoms with Crippen LogP contribution in [-0.4, -0.2) is 33.3 Å². The SMILES string of the molecule is Cc1nonc1CN(C)Cc1ccc(C(=O)O)cc1. The Bertz CT molecular complexity index is 563. The summed E-state index contributed by atoms with van der Waals surface area (Å²) in [6.45, 7) is 3.18. The van der Waals surface area contributed by atoms with E-state index in [1.54, 1.807) is 12.1 Å². The largest absolute Gasteiger partial charge is 0.478 e. The number of hydrogen-bond donors (Lipinski definition) is 1. The molecular formula is C13H15N3O3. The van der Waals surface area contributed by atoms with Gasteiger partial charge < -0.3 is 5.11 Å². The van der Waals surface area contributed by atoms with E-state index >= 15 is 0 Å². The van der Waals surface area contributed by atoms with Crippen molar-refractivity contribution in [1.82, 2.24) is 15.2 Å². The monoisotopic (exact) mass is 261 g/mol. The lowest BCUT2D eigenvalue weighted by Crippen LogP contribution is -2.18. The van der Waals surface area contributed by atoms with E-state index in [0.717, 1.165) is 17.0 Å². The lowest BCUT2D eigenvalue weighted by Gasteiger charge is -2.15. The molecule has 0 atom stereocenters. The first-order valence-electron chi connectivity index (χ1n) is 5.85. The lowest BCUT2D eigenvalue weighted by molar-refractivity contribution is 0.0697. The molecule has 0 aliphatic rings. The predicted octanol–water partition coefficient (Wildman–Crippen LogP) is 1.71. The molecule has 0 aliphatic carbocycles. The van der Waals surface area contributed by atoms with Crippen LogP contribution in [0.15, 0.2) is 28.9 Å². The van der Waals surface area contributed by atoms with Crippen LogP contribution in [0.4, 0.5) is 0 Å². The molecule has 1 aromatic carbocycles. The van der Waals surface area contributed by atoms with Crippen LogP contribution < -0.4 is 0 Å². The van der Waals surface area contributed by atoms with Crippen LogP contribution in [0.5, 0.6) is 0 Å². The second-order valence-electron chi connectivity index (χ2n) is 4.47. The molecule has 2 rings (SSSR count). The average molecular weight is 261 g/mol. The molecule has 0 amide bonds. The highest BCUT2D eigenvalue weighted by Gasteiger charge is 2.09. The third-order valence-corrected chi connectivity index (χ3v) is 2.82. The first kappa shape index (κ1) is 13.2. The number of hydrogen-bond acceptors (Lipinski definition) is 5. The van der Waals surface area contributed by atoms with E-state index in [1.807, 2.05) is 26.1 Å². The first-order chi connectivity index (χ1) is 9.06. The molecule has 0 spiro atoms. The molecule has 0 saturated heterocycles. The van der Waals surface area contributed by atoms with E-state index in [2.05, 4.69) is 19.8 Å². The van der Waals surface area contributed by atoms with Gasteiger partial charge in [0.05, 0.1) is 5.56 Å². The van der Waals surface area contributed by atoms with Crippen LogP contribution >= 0.6 is 0 Å². The van der Waals surface area contributed by atoms with E-state index in [9.17, 15) is 4.79 Å². The Morgan fingerprint density at radius 1 is 1.26 bits per heavy atom. The van der Waals surface area contributed by atoms with Gasteiger partial charge in [0.25, 0.3) is 0 Å².